The molecule has 1 aliphatic carbocycles. The molecule has 4 aromatic heterocycles. The summed E-state index contributed by atoms with van der Waals surface area (Å²) in [6.07, 6.45) is 1.88. The number of hydrogen-bond donors (Lipinski definition) is 2. The molecule has 0 radical (unpaired) electrons. The van der Waals surface area contributed by atoms with Crippen molar-refractivity contribution in [3.63, 3.8) is 0 Å². The summed E-state index contributed by atoms with van der Waals surface area (Å²) >= 11 is 6.39. The minimum Gasteiger partial charge on any atom is -0.368 e. The molecule has 0 aliphatic heterocycles. The summed E-state index contributed by atoms with van der Waals surface area (Å²) in [4.78, 5) is 18.7. The minimum absolute atomic E-state index is 0.0257. The fourth-order valence-electron chi connectivity index (χ4n) is 6.49. The van der Waals surface area contributed by atoms with Crippen LogP contribution in [0.25, 0.3) is 16.8 Å². The number of hydrogen-bond acceptors (Lipinski definition) is 6. The number of pyridine rings is 2. The number of halogens is 7. The van der Waals surface area contributed by atoms with E-state index in [-0.39, 0.29) is 40.1 Å². The van der Waals surface area contributed by atoms with Gasteiger partial charge in [-0.05, 0) is 75.1 Å². The highest BCUT2D eigenvalue weighted by atomic mass is 35.5. The van der Waals surface area contributed by atoms with Gasteiger partial charge in [0.15, 0.2) is 5.65 Å². The number of nitrogen functional groups attached to an aromatic ring is 1. The SMILES string of the molecule is C#CC1C(C)c2c(C(F)F)nn(CC(=O)NC(Cc3cc(F)cc(F)c3)c3nc(C#CC(C)(C)C)ccc3-c3ccc(Cl)n4c(N)nnc34)c2C1(F)F. The van der Waals surface area contributed by atoms with Crippen molar-refractivity contribution in [1.29, 1.82) is 0 Å². The van der Waals surface area contributed by atoms with Crippen LogP contribution >= 0.6 is 11.6 Å². The molecule has 1 aliphatic rings. The van der Waals surface area contributed by atoms with Crippen molar-refractivity contribution in [2.45, 2.75) is 65.0 Å². The molecule has 3 unspecified atom stereocenters. The van der Waals surface area contributed by atoms with Crippen molar-refractivity contribution < 1.29 is 31.1 Å². The second-order valence-corrected chi connectivity index (χ2v) is 14.1. The Balaban J connectivity index is 1.50. The molecule has 0 fully saturated rings. The highest BCUT2D eigenvalue weighted by Crippen LogP contribution is 2.54. The molecule has 0 bridgehead atoms. The van der Waals surface area contributed by atoms with Crippen LogP contribution in [0.5, 0.6) is 0 Å². The van der Waals surface area contributed by atoms with E-state index >= 15 is 8.78 Å². The van der Waals surface area contributed by atoms with Crippen LogP contribution in [-0.2, 0) is 23.7 Å². The first kappa shape index (κ1) is 37.2. The zero-order valence-corrected chi connectivity index (χ0v) is 29.4. The van der Waals surface area contributed by atoms with E-state index < -0.39 is 76.7 Å². The van der Waals surface area contributed by atoms with E-state index in [0.717, 1.165) is 12.1 Å². The van der Waals surface area contributed by atoms with Crippen LogP contribution in [0.3, 0.4) is 0 Å². The maximum atomic E-state index is 15.6. The van der Waals surface area contributed by atoms with Gasteiger partial charge in [-0.2, -0.15) is 13.9 Å². The Kier molecular flexibility index (Phi) is 9.68. The van der Waals surface area contributed by atoms with Crippen molar-refractivity contribution in [2.75, 3.05) is 5.73 Å². The van der Waals surface area contributed by atoms with Gasteiger partial charge < -0.3 is 11.1 Å². The van der Waals surface area contributed by atoms with E-state index in [2.05, 4.69) is 32.5 Å². The third-order valence-electron chi connectivity index (χ3n) is 8.70. The summed E-state index contributed by atoms with van der Waals surface area (Å²) < 4.78 is 90.3. The third kappa shape index (κ3) is 7.13. The number of benzene rings is 1. The summed E-state index contributed by atoms with van der Waals surface area (Å²) in [6.45, 7) is 6.03. The van der Waals surface area contributed by atoms with Crippen LogP contribution in [-0.4, -0.2) is 35.3 Å². The zero-order chi connectivity index (χ0) is 38.6. The molecule has 5 aromatic rings. The van der Waals surface area contributed by atoms with Crippen LogP contribution in [0.2, 0.25) is 5.15 Å². The number of nitrogens with two attached hydrogens (primary N) is 1. The van der Waals surface area contributed by atoms with Crippen LogP contribution in [0.15, 0.2) is 42.5 Å². The monoisotopic (exact) mass is 752 g/mol. The maximum Gasteiger partial charge on any atom is 0.303 e. The van der Waals surface area contributed by atoms with E-state index in [9.17, 15) is 22.4 Å². The number of terminal acetylenes is 1. The number of anilines is 1. The number of alkyl halides is 4. The van der Waals surface area contributed by atoms with E-state index in [4.69, 9.17) is 28.7 Å². The Morgan fingerprint density at radius 2 is 1.75 bits per heavy atom. The Bertz CT molecular complexity index is 2340. The molecule has 4 heterocycles. The van der Waals surface area contributed by atoms with Crippen LogP contribution < -0.4 is 11.1 Å². The first-order chi connectivity index (χ1) is 24.9. The standard InChI is InChI=1S/C37H31ClF6N8O/c1-6-25-18(2)29-31(33(41)42)50-51(32(29)37(25,43)44)17-28(53)47-26(15-19-13-20(39)16-21(40)14-19)30-23(8-7-22(46-30)11-12-36(3,4)5)24-9-10-27(38)52-34(24)48-49-35(52)45/h1,7-10,13-14,16,18,25-26,33H,15,17H2,2-5H3,(H2,45,49)(H,47,53). The number of amides is 1. The number of nitrogens with zero attached hydrogens (tertiary/aromatic N) is 6. The van der Waals surface area contributed by atoms with Gasteiger partial charge in [-0.3, -0.25) is 13.9 Å². The highest BCUT2D eigenvalue weighted by Gasteiger charge is 2.57. The topological polar surface area (TPSA) is 116 Å². The molecular weight excluding hydrogens is 722 g/mol. The average Bonchev–Trinajstić information content (AvgIpc) is 3.70. The van der Waals surface area contributed by atoms with Crippen LogP contribution in [0.1, 0.15) is 80.0 Å². The largest absolute Gasteiger partial charge is 0.368 e. The van der Waals surface area contributed by atoms with Gasteiger partial charge >= 0.3 is 5.92 Å². The second-order valence-electron chi connectivity index (χ2n) is 13.7. The van der Waals surface area contributed by atoms with E-state index in [0.29, 0.717) is 21.9 Å². The van der Waals surface area contributed by atoms with Gasteiger partial charge in [-0.25, -0.2) is 22.5 Å². The molecule has 9 nitrogen and oxygen atoms in total. The summed E-state index contributed by atoms with van der Waals surface area (Å²) in [6, 6.07) is 7.95. The van der Waals surface area contributed by atoms with Gasteiger partial charge in [-0.1, -0.05) is 30.4 Å². The zero-order valence-electron chi connectivity index (χ0n) is 28.7. The summed E-state index contributed by atoms with van der Waals surface area (Å²) in [7, 11) is 0. The normalized spacial score (nSPS) is 17.0. The fraction of sp³-hybridized carbons (Fsp3) is 0.324. The Morgan fingerprint density at radius 3 is 2.40 bits per heavy atom. The molecule has 3 N–H and O–H groups in total. The van der Waals surface area contributed by atoms with Crippen molar-refractivity contribution in [2.24, 2.45) is 11.3 Å². The average molecular weight is 753 g/mol. The molecule has 1 amide bonds. The van der Waals surface area contributed by atoms with Crippen molar-refractivity contribution >= 4 is 29.1 Å². The molecule has 0 spiro atoms. The Hall–Kier alpha value is -5.54. The smallest absolute Gasteiger partial charge is 0.303 e. The lowest BCUT2D eigenvalue weighted by Crippen LogP contribution is -2.35. The third-order valence-corrected chi connectivity index (χ3v) is 8.99. The van der Waals surface area contributed by atoms with Crippen molar-refractivity contribution in [3.05, 3.63) is 93.2 Å². The van der Waals surface area contributed by atoms with Crippen molar-refractivity contribution in [1.82, 2.24) is 34.7 Å². The quantitative estimate of drug-likeness (QED) is 0.0971. The summed E-state index contributed by atoms with van der Waals surface area (Å²) in [5.41, 5.74) is 4.81. The summed E-state index contributed by atoms with van der Waals surface area (Å²) in [5.74, 6) is -1.41. The first-order valence-electron chi connectivity index (χ1n) is 16.2. The fourth-order valence-corrected chi connectivity index (χ4v) is 6.72. The molecule has 16 heteroatoms. The number of aromatic nitrogens is 6. The molecule has 274 valence electrons. The van der Waals surface area contributed by atoms with Crippen molar-refractivity contribution in [3.8, 4) is 35.3 Å². The minimum atomic E-state index is -3.78. The number of rotatable bonds is 8. The molecule has 53 heavy (non-hydrogen) atoms. The second kappa shape index (κ2) is 13.8. The maximum absolute atomic E-state index is 15.6. The molecule has 0 saturated heterocycles. The number of carbonyl (C=O) groups excluding carboxylic acids is 1. The number of nitrogens with one attached hydrogen (secondary N) is 1. The Morgan fingerprint density at radius 1 is 1.08 bits per heavy atom. The van der Waals surface area contributed by atoms with Gasteiger partial charge in [-0.15, -0.1) is 16.6 Å². The van der Waals surface area contributed by atoms with Gasteiger partial charge in [0, 0.05) is 34.1 Å². The van der Waals surface area contributed by atoms with Gasteiger partial charge in [0.25, 0.3) is 6.43 Å². The highest BCUT2D eigenvalue weighted by molar-refractivity contribution is 6.30. The number of fused-ring (bicyclic) bond motifs is 2. The predicted octanol–water partition coefficient (Wildman–Crippen LogP) is 7.40. The van der Waals surface area contributed by atoms with E-state index in [1.807, 2.05) is 26.7 Å². The molecule has 1 aromatic carbocycles. The van der Waals surface area contributed by atoms with Crippen LogP contribution in [0, 0.1) is 47.2 Å². The molecule has 6 rings (SSSR count). The Labute approximate surface area is 304 Å². The van der Waals surface area contributed by atoms with Gasteiger partial charge in [0.1, 0.15) is 40.4 Å². The lowest BCUT2D eigenvalue weighted by molar-refractivity contribution is -0.123. The molecule has 3 atom stereocenters. The molecule has 0 saturated carbocycles. The van der Waals surface area contributed by atoms with Gasteiger partial charge in [0.05, 0.1) is 17.7 Å². The van der Waals surface area contributed by atoms with Crippen LogP contribution in [0.4, 0.5) is 32.3 Å². The first-order valence-corrected chi connectivity index (χ1v) is 16.6. The van der Waals surface area contributed by atoms with E-state index in [1.165, 1.54) is 17.4 Å². The lowest BCUT2D eigenvalue weighted by Gasteiger charge is -2.23. The van der Waals surface area contributed by atoms with E-state index in [1.54, 1.807) is 18.2 Å². The molecular formula is C37H31ClF6N8O. The number of carbonyl (C=O) groups is 1. The summed E-state index contributed by atoms with van der Waals surface area (Å²) in [5, 5.41) is 14.7. The predicted molar refractivity (Wildman–Crippen MR) is 185 cm³/mol. The van der Waals surface area contributed by atoms with Gasteiger partial charge in [0.2, 0.25) is 11.9 Å². The lowest BCUT2D eigenvalue weighted by atomic mass is 9.93.